The molecule has 0 radical (unpaired) electrons. The number of hydrogen-bond donors (Lipinski definition) is 2. The van der Waals surface area contributed by atoms with Crippen LogP contribution in [0.1, 0.15) is 13.8 Å². The molecular weight excluding hydrogens is 296 g/mol. The fourth-order valence-electron chi connectivity index (χ4n) is 2.46. The summed E-state index contributed by atoms with van der Waals surface area (Å²) in [6, 6.07) is 5.37. The Bertz CT molecular complexity index is 790. The van der Waals surface area contributed by atoms with Crippen LogP contribution in [-0.4, -0.2) is 33.4 Å². The summed E-state index contributed by atoms with van der Waals surface area (Å²) < 4.78 is 1.63. The summed E-state index contributed by atoms with van der Waals surface area (Å²) in [4.78, 5) is 28.1. The van der Waals surface area contributed by atoms with Crippen LogP contribution in [0, 0.1) is 3.95 Å². The number of aromatic amines is 1. The van der Waals surface area contributed by atoms with E-state index in [4.69, 9.17) is 12.2 Å². The summed E-state index contributed by atoms with van der Waals surface area (Å²) >= 11 is 6.53. The lowest BCUT2D eigenvalue weighted by Crippen LogP contribution is -2.46. The second kappa shape index (κ2) is 4.21. The van der Waals surface area contributed by atoms with E-state index >= 15 is 0 Å². The number of Topliss-reactive ketones (excluding diaryl/α,β-unsaturated/α-hetero) is 1. The quantitative estimate of drug-likeness (QED) is 0.624. The number of carbonyl (C=O) groups is 2. The lowest BCUT2D eigenvalue weighted by molar-refractivity contribution is -0.137. The largest absolute Gasteiger partial charge is 0.382 e. The van der Waals surface area contributed by atoms with Crippen molar-refractivity contribution in [3.05, 3.63) is 22.2 Å². The number of carbonyl (C=O) groups excluding carboxylic acids is 2. The number of nitrogens with one attached hydrogen (secondary N) is 1. The van der Waals surface area contributed by atoms with Crippen LogP contribution >= 0.6 is 23.6 Å². The highest BCUT2D eigenvalue weighted by molar-refractivity contribution is 7.73. The Kier molecular flexibility index (Phi) is 2.82. The molecule has 0 saturated carbocycles. The third-order valence-corrected chi connectivity index (χ3v) is 4.78. The second-order valence-corrected chi connectivity index (χ2v) is 6.97. The highest BCUT2D eigenvalue weighted by Crippen LogP contribution is 2.35. The van der Waals surface area contributed by atoms with E-state index in [0.717, 1.165) is 10.2 Å². The van der Waals surface area contributed by atoms with E-state index in [1.807, 2.05) is 6.07 Å². The van der Waals surface area contributed by atoms with E-state index in [-0.39, 0.29) is 0 Å². The number of amides is 1. The zero-order valence-corrected chi connectivity index (χ0v) is 12.5. The Morgan fingerprint density at radius 2 is 2.10 bits per heavy atom. The van der Waals surface area contributed by atoms with Gasteiger partial charge in [-0.15, -0.1) is 11.3 Å². The molecule has 1 aliphatic heterocycles. The Balaban J connectivity index is 2.16. The fraction of sp³-hybridized carbons (Fsp3) is 0.308. The normalized spacial score (nSPS) is 21.9. The molecule has 1 atom stereocenters. The highest BCUT2D eigenvalue weighted by Gasteiger charge is 2.53. The molecule has 3 rings (SSSR count). The van der Waals surface area contributed by atoms with Crippen LogP contribution in [0.4, 0.5) is 5.69 Å². The number of aromatic nitrogens is 1. The lowest BCUT2D eigenvalue weighted by atomic mass is 9.98. The summed E-state index contributed by atoms with van der Waals surface area (Å²) in [5, 5.41) is 9.91. The van der Waals surface area contributed by atoms with Gasteiger partial charge in [0.2, 0.25) is 0 Å². The predicted molar refractivity (Wildman–Crippen MR) is 79.6 cm³/mol. The number of ketones is 1. The molecule has 1 unspecified atom stereocenters. The van der Waals surface area contributed by atoms with Crippen LogP contribution in [0.2, 0.25) is 0 Å². The summed E-state index contributed by atoms with van der Waals surface area (Å²) in [6.07, 6.45) is -1.31. The average Bonchev–Trinajstić information content (AvgIpc) is 2.81. The minimum Gasteiger partial charge on any atom is -0.382 e. The second-order valence-electron chi connectivity index (χ2n) is 5.26. The van der Waals surface area contributed by atoms with Gasteiger partial charge in [-0.1, -0.05) is 0 Å². The molecule has 1 aliphatic rings. The SMILES string of the molecule is CC1(C)C(O)C(=O)C(=O)N1c1ccc2sc(=S)[nH]c2c1. The minimum absolute atomic E-state index is 0.571. The van der Waals surface area contributed by atoms with E-state index in [1.54, 1.807) is 26.0 Å². The standard InChI is InChI=1S/C13H12N2O3S2/c1-13(2)10(17)9(16)11(18)15(13)6-3-4-8-7(5-6)14-12(19)20-8/h3-5,10,17H,1-2H3,(H,14,19). The topological polar surface area (TPSA) is 73.4 Å². The Morgan fingerprint density at radius 3 is 2.70 bits per heavy atom. The number of aliphatic hydroxyl groups excluding tert-OH is 1. The monoisotopic (exact) mass is 308 g/mol. The first-order valence-electron chi connectivity index (χ1n) is 6.02. The van der Waals surface area contributed by atoms with Crippen molar-refractivity contribution >= 4 is 51.1 Å². The van der Waals surface area contributed by atoms with Gasteiger partial charge in [0.15, 0.2) is 3.95 Å². The summed E-state index contributed by atoms with van der Waals surface area (Å²) in [7, 11) is 0. The van der Waals surface area contributed by atoms with Crippen LogP contribution in [0.25, 0.3) is 10.2 Å². The Labute approximate surface area is 123 Å². The number of anilines is 1. The molecule has 0 aliphatic carbocycles. The number of H-pyrrole nitrogens is 1. The molecule has 0 bridgehead atoms. The van der Waals surface area contributed by atoms with Crippen LogP contribution in [-0.2, 0) is 9.59 Å². The van der Waals surface area contributed by atoms with Crippen molar-refractivity contribution in [2.75, 3.05) is 4.90 Å². The summed E-state index contributed by atoms with van der Waals surface area (Å²) in [5.74, 6) is -1.45. The summed E-state index contributed by atoms with van der Waals surface area (Å²) in [6.45, 7) is 3.33. The number of aliphatic hydroxyl groups is 1. The van der Waals surface area contributed by atoms with E-state index in [0.29, 0.717) is 9.64 Å². The molecule has 2 N–H and O–H groups in total. The molecule has 104 valence electrons. The molecule has 1 fully saturated rings. The maximum Gasteiger partial charge on any atom is 0.297 e. The van der Waals surface area contributed by atoms with Crippen molar-refractivity contribution in [3.8, 4) is 0 Å². The van der Waals surface area contributed by atoms with Crippen molar-refractivity contribution in [2.24, 2.45) is 0 Å². The van der Waals surface area contributed by atoms with Crippen molar-refractivity contribution < 1.29 is 14.7 Å². The Morgan fingerprint density at radius 1 is 1.40 bits per heavy atom. The number of nitrogens with zero attached hydrogens (tertiary/aromatic N) is 1. The molecule has 1 aromatic carbocycles. The van der Waals surface area contributed by atoms with Crippen LogP contribution in [0.3, 0.4) is 0 Å². The molecule has 1 amide bonds. The van der Waals surface area contributed by atoms with Gasteiger partial charge in [-0.3, -0.25) is 14.5 Å². The molecule has 7 heteroatoms. The molecule has 2 aromatic rings. The van der Waals surface area contributed by atoms with Gasteiger partial charge < -0.3 is 10.1 Å². The maximum atomic E-state index is 12.1. The van der Waals surface area contributed by atoms with E-state index in [1.165, 1.54) is 16.2 Å². The van der Waals surface area contributed by atoms with Gasteiger partial charge in [-0.05, 0) is 44.3 Å². The minimum atomic E-state index is -1.31. The first-order chi connectivity index (χ1) is 9.32. The maximum absolute atomic E-state index is 12.1. The van der Waals surface area contributed by atoms with Crippen molar-refractivity contribution in [2.45, 2.75) is 25.5 Å². The van der Waals surface area contributed by atoms with Gasteiger partial charge in [-0.2, -0.15) is 0 Å². The van der Waals surface area contributed by atoms with Crippen molar-refractivity contribution in [3.63, 3.8) is 0 Å². The molecule has 2 heterocycles. The van der Waals surface area contributed by atoms with E-state index < -0.39 is 23.3 Å². The Hall–Kier alpha value is -1.57. The number of fused-ring (bicyclic) bond motifs is 1. The van der Waals surface area contributed by atoms with Crippen LogP contribution < -0.4 is 4.90 Å². The molecule has 1 aromatic heterocycles. The van der Waals surface area contributed by atoms with Crippen molar-refractivity contribution in [1.82, 2.24) is 4.98 Å². The fourth-order valence-corrected chi connectivity index (χ4v) is 3.56. The number of thiazole rings is 1. The van der Waals surface area contributed by atoms with Gasteiger partial charge in [0.25, 0.3) is 11.7 Å². The van der Waals surface area contributed by atoms with Gasteiger partial charge in [0, 0.05) is 5.69 Å². The highest BCUT2D eigenvalue weighted by atomic mass is 32.1. The zero-order valence-electron chi connectivity index (χ0n) is 10.8. The molecule has 5 nitrogen and oxygen atoms in total. The average molecular weight is 308 g/mol. The number of benzene rings is 1. The molecule has 0 spiro atoms. The van der Waals surface area contributed by atoms with Gasteiger partial charge in [0.1, 0.15) is 6.10 Å². The van der Waals surface area contributed by atoms with Gasteiger partial charge in [0.05, 0.1) is 15.8 Å². The summed E-state index contributed by atoms with van der Waals surface area (Å²) in [5.41, 5.74) is 0.422. The third-order valence-electron chi connectivity index (χ3n) is 3.57. The molecule has 20 heavy (non-hydrogen) atoms. The number of rotatable bonds is 1. The lowest BCUT2D eigenvalue weighted by Gasteiger charge is -2.32. The molecular formula is C13H12N2O3S2. The van der Waals surface area contributed by atoms with Gasteiger partial charge >= 0.3 is 0 Å². The van der Waals surface area contributed by atoms with Crippen molar-refractivity contribution in [1.29, 1.82) is 0 Å². The van der Waals surface area contributed by atoms with E-state index in [9.17, 15) is 14.7 Å². The smallest absolute Gasteiger partial charge is 0.297 e. The molecule has 1 saturated heterocycles. The van der Waals surface area contributed by atoms with Gasteiger partial charge in [-0.25, -0.2) is 0 Å². The van der Waals surface area contributed by atoms with Crippen LogP contribution in [0.5, 0.6) is 0 Å². The third kappa shape index (κ3) is 1.74. The predicted octanol–water partition coefficient (Wildman–Crippen LogP) is 2.01. The van der Waals surface area contributed by atoms with Crippen LogP contribution in [0.15, 0.2) is 18.2 Å². The zero-order chi connectivity index (χ0) is 14.7. The van der Waals surface area contributed by atoms with E-state index in [2.05, 4.69) is 4.98 Å². The first kappa shape index (κ1) is 13.4. The number of hydrogen-bond acceptors (Lipinski definition) is 5. The first-order valence-corrected chi connectivity index (χ1v) is 7.24.